The molecule has 0 aromatic heterocycles. The second-order valence-corrected chi connectivity index (χ2v) is 10.4. The number of urea groups is 1. The minimum atomic E-state index is -3.75. The van der Waals surface area contributed by atoms with E-state index in [-0.39, 0.29) is 24.2 Å². The molecule has 0 aliphatic carbocycles. The van der Waals surface area contributed by atoms with Crippen LogP contribution in [-0.4, -0.2) is 34.0 Å². The number of rotatable bonds is 6. The van der Waals surface area contributed by atoms with Crippen molar-refractivity contribution in [1.29, 1.82) is 0 Å². The topological polar surface area (TPSA) is 131 Å². The number of hydrogen-bond donors (Lipinski definition) is 3. The highest BCUT2D eigenvalue weighted by atomic mass is 32.2. The molecule has 2 aromatic rings. The molecular weight excluding hydrogens is 463 g/mol. The van der Waals surface area contributed by atoms with Crippen LogP contribution in [0, 0.1) is 5.82 Å². The smallest absolute Gasteiger partial charge is 0.328 e. The number of benzene rings is 2. The van der Waals surface area contributed by atoms with Crippen LogP contribution in [0.25, 0.3) is 17.2 Å². The lowest BCUT2D eigenvalue weighted by Crippen LogP contribution is -2.50. The van der Waals surface area contributed by atoms with Gasteiger partial charge in [0, 0.05) is 23.9 Å². The Kier molecular flexibility index (Phi) is 7.10. The molecule has 1 aliphatic rings. The Bertz CT molecular complexity index is 1250. The van der Waals surface area contributed by atoms with E-state index in [2.05, 4.69) is 5.32 Å². The summed E-state index contributed by atoms with van der Waals surface area (Å²) in [6, 6.07) is 7.37. The maximum Gasteiger partial charge on any atom is 0.328 e. The number of ether oxygens (including phenoxy) is 1. The van der Waals surface area contributed by atoms with Gasteiger partial charge in [-0.25, -0.2) is 17.6 Å². The Balaban J connectivity index is 2.18. The van der Waals surface area contributed by atoms with Gasteiger partial charge in [0.2, 0.25) is 15.9 Å². The zero-order valence-electron chi connectivity index (χ0n) is 19.3. The Labute approximate surface area is 197 Å². The van der Waals surface area contributed by atoms with Crippen molar-refractivity contribution >= 4 is 33.7 Å². The van der Waals surface area contributed by atoms with Gasteiger partial charge in [-0.2, -0.15) is 4.83 Å². The second-order valence-electron chi connectivity index (χ2n) is 8.76. The molecule has 0 radical (unpaired) electrons. The molecule has 0 atom stereocenters. The highest BCUT2D eigenvalue weighted by molar-refractivity contribution is 7.92. The molecular formula is C23H27FN4O5S. The van der Waals surface area contributed by atoms with Crippen molar-refractivity contribution in [2.24, 2.45) is 5.84 Å². The van der Waals surface area contributed by atoms with Crippen LogP contribution >= 0.6 is 0 Å². The number of hydrogen-bond acceptors (Lipinski definition) is 6. The summed E-state index contributed by atoms with van der Waals surface area (Å²) in [6.07, 6.45) is 1.40. The average molecular weight is 491 g/mol. The first-order chi connectivity index (χ1) is 15.9. The van der Waals surface area contributed by atoms with E-state index in [0.29, 0.717) is 22.4 Å². The molecule has 2 aromatic carbocycles. The molecule has 3 amide bonds. The summed E-state index contributed by atoms with van der Waals surface area (Å²) < 4.78 is 44.6. The summed E-state index contributed by atoms with van der Waals surface area (Å²) in [4.78, 5) is 27.0. The number of imide groups is 1. The van der Waals surface area contributed by atoms with Crippen molar-refractivity contribution in [2.75, 3.05) is 18.6 Å². The summed E-state index contributed by atoms with van der Waals surface area (Å²) in [7, 11) is -2.30. The number of carbonyl (C=O) groups excluding carboxylic acids is 2. The Morgan fingerprint density at radius 1 is 1.21 bits per heavy atom. The van der Waals surface area contributed by atoms with Crippen molar-refractivity contribution in [3.63, 3.8) is 0 Å². The standard InChI is InChI=1S/C23H27FN4O5S/c1-23(2,3)16-13-17(28-11-9-18(29)26-22(28)30)20(24)19(21(16)33-4)15-7-5-14(6-8-15)10-12-34(31,32)27-25/h5-8,10,12-13,27H,9,11,25H2,1-4H3,(H,26,29,30)/b12-10+. The molecule has 1 fully saturated rings. The molecule has 4 N–H and O–H groups in total. The summed E-state index contributed by atoms with van der Waals surface area (Å²) in [5.41, 5.74) is 1.42. The quantitative estimate of drug-likeness (QED) is 0.421. The van der Waals surface area contributed by atoms with E-state index in [0.717, 1.165) is 5.41 Å². The summed E-state index contributed by atoms with van der Waals surface area (Å²) in [6.45, 7) is 5.87. The monoisotopic (exact) mass is 490 g/mol. The molecule has 0 spiro atoms. The van der Waals surface area contributed by atoms with Gasteiger partial charge in [-0.05, 0) is 28.7 Å². The number of sulfonamides is 1. The van der Waals surface area contributed by atoms with Crippen LogP contribution < -0.4 is 25.6 Å². The number of nitrogens with two attached hydrogens (primary N) is 1. The fourth-order valence-corrected chi connectivity index (χ4v) is 4.03. The molecule has 34 heavy (non-hydrogen) atoms. The molecule has 9 nitrogen and oxygen atoms in total. The van der Waals surface area contributed by atoms with Crippen LogP contribution in [0.3, 0.4) is 0 Å². The highest BCUT2D eigenvalue weighted by Crippen LogP contribution is 2.45. The lowest BCUT2D eigenvalue weighted by Gasteiger charge is -2.31. The lowest BCUT2D eigenvalue weighted by molar-refractivity contribution is -0.120. The van der Waals surface area contributed by atoms with Crippen LogP contribution in [0.15, 0.2) is 35.7 Å². The van der Waals surface area contributed by atoms with E-state index in [1.807, 2.05) is 20.8 Å². The number of nitrogens with one attached hydrogen (secondary N) is 2. The molecule has 0 bridgehead atoms. The summed E-state index contributed by atoms with van der Waals surface area (Å²) in [5.74, 6) is 4.20. The van der Waals surface area contributed by atoms with Crippen LogP contribution in [0.1, 0.15) is 38.3 Å². The number of methoxy groups -OCH3 is 1. The molecule has 1 saturated heterocycles. The fraction of sp³-hybridized carbons (Fsp3) is 0.304. The Hall–Kier alpha value is -3.28. The van der Waals surface area contributed by atoms with Gasteiger partial charge in [0.25, 0.3) is 0 Å². The maximum absolute atomic E-state index is 16.0. The van der Waals surface area contributed by atoms with Gasteiger partial charge in [0.1, 0.15) is 5.75 Å². The fourth-order valence-electron chi connectivity index (χ4n) is 3.61. The number of nitrogens with zero attached hydrogens (tertiary/aromatic N) is 1. The van der Waals surface area contributed by atoms with E-state index in [1.54, 1.807) is 35.2 Å². The molecule has 3 rings (SSSR count). The van der Waals surface area contributed by atoms with Crippen molar-refractivity contribution < 1.29 is 27.1 Å². The van der Waals surface area contributed by atoms with Gasteiger partial charge < -0.3 is 4.74 Å². The maximum atomic E-state index is 16.0. The zero-order valence-corrected chi connectivity index (χ0v) is 20.1. The first-order valence-electron chi connectivity index (χ1n) is 10.4. The summed E-state index contributed by atoms with van der Waals surface area (Å²) >= 11 is 0. The first-order valence-corrected chi connectivity index (χ1v) is 12.0. The van der Waals surface area contributed by atoms with Gasteiger partial charge in [0.05, 0.1) is 18.4 Å². The lowest BCUT2D eigenvalue weighted by atomic mass is 9.83. The minimum Gasteiger partial charge on any atom is -0.496 e. The summed E-state index contributed by atoms with van der Waals surface area (Å²) in [5, 5.41) is 3.13. The molecule has 11 heteroatoms. The van der Waals surface area contributed by atoms with Crippen molar-refractivity contribution in [2.45, 2.75) is 32.6 Å². The first kappa shape index (κ1) is 25.3. The van der Waals surface area contributed by atoms with E-state index in [1.165, 1.54) is 18.1 Å². The average Bonchev–Trinajstić information content (AvgIpc) is 2.77. The molecule has 1 aliphatic heterocycles. The van der Waals surface area contributed by atoms with Crippen LogP contribution in [-0.2, 0) is 20.2 Å². The number of halogens is 1. The number of hydrazine groups is 1. The van der Waals surface area contributed by atoms with E-state index >= 15 is 4.39 Å². The number of anilines is 1. The van der Waals surface area contributed by atoms with Crippen LogP contribution in [0.2, 0.25) is 0 Å². The highest BCUT2D eigenvalue weighted by Gasteiger charge is 2.32. The molecule has 0 saturated carbocycles. The Morgan fingerprint density at radius 3 is 2.38 bits per heavy atom. The van der Waals surface area contributed by atoms with Gasteiger partial charge in [0.15, 0.2) is 5.82 Å². The number of carbonyl (C=O) groups is 2. The molecule has 0 unspecified atom stereocenters. The Morgan fingerprint density at radius 2 is 1.85 bits per heavy atom. The van der Waals surface area contributed by atoms with Gasteiger partial charge in [-0.15, -0.1) is 0 Å². The molecule has 182 valence electrons. The van der Waals surface area contributed by atoms with Crippen molar-refractivity contribution in [3.05, 3.63) is 52.7 Å². The zero-order chi connectivity index (χ0) is 25.3. The largest absolute Gasteiger partial charge is 0.496 e. The van der Waals surface area contributed by atoms with Crippen LogP contribution in [0.5, 0.6) is 5.75 Å². The third-order valence-corrected chi connectivity index (χ3v) is 6.18. The SMILES string of the molecule is COc1c(C(C)(C)C)cc(N2CCC(=O)NC2=O)c(F)c1-c1ccc(/C=C/S(=O)(=O)NN)cc1. The second kappa shape index (κ2) is 9.53. The normalized spacial score (nSPS) is 15.1. The van der Waals surface area contributed by atoms with Crippen molar-refractivity contribution in [1.82, 2.24) is 10.1 Å². The number of amides is 3. The van der Waals surface area contributed by atoms with Crippen LogP contribution in [0.4, 0.5) is 14.9 Å². The van der Waals surface area contributed by atoms with Gasteiger partial charge >= 0.3 is 6.03 Å². The minimum absolute atomic E-state index is 0.0369. The van der Waals surface area contributed by atoms with E-state index in [9.17, 15) is 18.0 Å². The predicted octanol–water partition coefficient (Wildman–Crippen LogP) is 3.01. The van der Waals surface area contributed by atoms with E-state index in [4.69, 9.17) is 10.6 Å². The van der Waals surface area contributed by atoms with E-state index < -0.39 is 33.2 Å². The van der Waals surface area contributed by atoms with Gasteiger partial charge in [-0.1, -0.05) is 45.0 Å². The van der Waals surface area contributed by atoms with Crippen molar-refractivity contribution in [3.8, 4) is 16.9 Å². The third kappa shape index (κ3) is 5.27. The molecule has 1 heterocycles. The predicted molar refractivity (Wildman–Crippen MR) is 128 cm³/mol. The third-order valence-electron chi connectivity index (χ3n) is 5.36. The van der Waals surface area contributed by atoms with Gasteiger partial charge in [-0.3, -0.25) is 20.9 Å².